The molecule has 0 aliphatic rings. The highest BCUT2D eigenvalue weighted by Gasteiger charge is 2.18. The van der Waals surface area contributed by atoms with Crippen molar-refractivity contribution in [1.82, 2.24) is 9.97 Å². The fourth-order valence-electron chi connectivity index (χ4n) is 1.97. The van der Waals surface area contributed by atoms with Crippen molar-refractivity contribution in [2.24, 2.45) is 0 Å². The number of nitrogens with zero attached hydrogens (tertiary/aromatic N) is 1. The molecule has 3 rings (SSSR count). The molecular weight excluding hydrogens is 248 g/mol. The summed E-state index contributed by atoms with van der Waals surface area (Å²) in [5.74, 6) is 0. The zero-order valence-corrected chi connectivity index (χ0v) is 10.3. The summed E-state index contributed by atoms with van der Waals surface area (Å²) in [7, 11) is 0. The Morgan fingerprint density at radius 1 is 1.33 bits per heavy atom. The number of H-pyrrole nitrogens is 1. The minimum atomic E-state index is -0.758. The van der Waals surface area contributed by atoms with Crippen molar-refractivity contribution in [3.05, 3.63) is 52.1 Å². The van der Waals surface area contributed by atoms with Gasteiger partial charge in [-0.05, 0) is 6.07 Å². The van der Waals surface area contributed by atoms with Gasteiger partial charge in [-0.2, -0.15) is 0 Å². The summed E-state index contributed by atoms with van der Waals surface area (Å²) in [5, 5.41) is 22.7. The number of aliphatic hydroxyl groups is 2. The molecule has 0 saturated carbocycles. The Labute approximate surface area is 108 Å². The van der Waals surface area contributed by atoms with Gasteiger partial charge in [-0.15, -0.1) is 11.3 Å². The van der Waals surface area contributed by atoms with Crippen molar-refractivity contribution in [3.8, 4) is 0 Å². The summed E-state index contributed by atoms with van der Waals surface area (Å²) < 4.78 is 0. The average Bonchev–Trinajstić information content (AvgIpc) is 3.04. The molecule has 92 valence electrons. The molecule has 18 heavy (non-hydrogen) atoms. The van der Waals surface area contributed by atoms with Crippen molar-refractivity contribution in [1.29, 1.82) is 0 Å². The number of aromatic amines is 1. The zero-order valence-electron chi connectivity index (χ0n) is 9.50. The van der Waals surface area contributed by atoms with Crippen LogP contribution in [-0.2, 0) is 6.61 Å². The molecule has 2 aromatic heterocycles. The van der Waals surface area contributed by atoms with Crippen LogP contribution >= 0.6 is 11.3 Å². The fraction of sp³-hybridized carbons (Fsp3) is 0.154. The first-order valence-electron chi connectivity index (χ1n) is 5.59. The molecule has 1 aromatic carbocycles. The molecule has 5 heteroatoms. The topological polar surface area (TPSA) is 69.1 Å². The van der Waals surface area contributed by atoms with E-state index in [4.69, 9.17) is 5.11 Å². The molecule has 0 bridgehead atoms. The second-order valence-corrected chi connectivity index (χ2v) is 4.92. The fourth-order valence-corrected chi connectivity index (χ4v) is 2.78. The van der Waals surface area contributed by atoms with Gasteiger partial charge in [0.1, 0.15) is 11.1 Å². The summed E-state index contributed by atoms with van der Waals surface area (Å²) in [4.78, 5) is 7.32. The number of rotatable bonds is 3. The SMILES string of the molecule is OCc1csc(C(O)c2c[nH]c3ccccc23)n1. The first-order valence-corrected chi connectivity index (χ1v) is 6.47. The summed E-state index contributed by atoms with van der Waals surface area (Å²) in [5.41, 5.74) is 2.39. The third-order valence-electron chi connectivity index (χ3n) is 2.88. The predicted molar refractivity (Wildman–Crippen MR) is 70.4 cm³/mol. The van der Waals surface area contributed by atoms with E-state index < -0.39 is 6.10 Å². The van der Waals surface area contributed by atoms with E-state index in [0.717, 1.165) is 16.5 Å². The summed E-state index contributed by atoms with van der Waals surface area (Å²) in [6.45, 7) is -0.100. The van der Waals surface area contributed by atoms with Crippen LogP contribution in [0.15, 0.2) is 35.8 Å². The Bertz CT molecular complexity index is 674. The molecule has 0 amide bonds. The lowest BCUT2D eigenvalue weighted by Gasteiger charge is -2.05. The lowest BCUT2D eigenvalue weighted by molar-refractivity contribution is 0.220. The second-order valence-electron chi connectivity index (χ2n) is 4.03. The predicted octanol–water partition coefficient (Wildman–Crippen LogP) is 2.20. The molecule has 0 aliphatic carbocycles. The first-order chi connectivity index (χ1) is 8.79. The van der Waals surface area contributed by atoms with Gasteiger partial charge in [0, 0.05) is 28.0 Å². The van der Waals surface area contributed by atoms with E-state index in [9.17, 15) is 5.11 Å². The minimum absolute atomic E-state index is 0.100. The van der Waals surface area contributed by atoms with Gasteiger partial charge in [0.15, 0.2) is 0 Å². The van der Waals surface area contributed by atoms with Gasteiger partial charge >= 0.3 is 0 Å². The van der Waals surface area contributed by atoms with E-state index >= 15 is 0 Å². The highest BCUT2D eigenvalue weighted by molar-refractivity contribution is 7.09. The van der Waals surface area contributed by atoms with Crippen LogP contribution in [0.2, 0.25) is 0 Å². The standard InChI is InChI=1S/C13H12N2O2S/c16-6-8-7-18-13(15-8)12(17)10-5-14-11-4-2-1-3-9(10)11/h1-5,7,12,14,16-17H,6H2. The molecule has 4 nitrogen and oxygen atoms in total. The molecule has 0 fully saturated rings. The van der Waals surface area contributed by atoms with Gasteiger partial charge in [-0.3, -0.25) is 0 Å². The molecule has 0 spiro atoms. The van der Waals surface area contributed by atoms with E-state index in [1.807, 2.05) is 24.3 Å². The molecule has 3 N–H and O–H groups in total. The van der Waals surface area contributed by atoms with Gasteiger partial charge in [-0.25, -0.2) is 4.98 Å². The second kappa shape index (κ2) is 4.53. The Morgan fingerprint density at radius 3 is 2.94 bits per heavy atom. The highest BCUT2D eigenvalue weighted by Crippen LogP contribution is 2.30. The molecule has 0 aliphatic heterocycles. The highest BCUT2D eigenvalue weighted by atomic mass is 32.1. The Kier molecular flexibility index (Phi) is 2.87. The van der Waals surface area contributed by atoms with Crippen molar-refractivity contribution in [2.45, 2.75) is 12.7 Å². The molecule has 0 radical (unpaired) electrons. The zero-order chi connectivity index (χ0) is 12.5. The van der Waals surface area contributed by atoms with Crippen LogP contribution in [0, 0.1) is 0 Å². The van der Waals surface area contributed by atoms with E-state index in [1.54, 1.807) is 11.6 Å². The van der Waals surface area contributed by atoms with Gasteiger partial charge in [0.2, 0.25) is 0 Å². The molecular formula is C13H12N2O2S. The van der Waals surface area contributed by atoms with Crippen molar-refractivity contribution in [3.63, 3.8) is 0 Å². The van der Waals surface area contributed by atoms with Crippen LogP contribution in [0.5, 0.6) is 0 Å². The molecule has 2 heterocycles. The maximum atomic E-state index is 10.3. The van der Waals surface area contributed by atoms with Gasteiger partial charge in [0.25, 0.3) is 0 Å². The maximum Gasteiger partial charge on any atom is 0.133 e. The normalized spacial score (nSPS) is 13.0. The number of para-hydroxylation sites is 1. The molecule has 3 aromatic rings. The maximum absolute atomic E-state index is 10.3. The molecule has 0 saturated heterocycles. The third kappa shape index (κ3) is 1.82. The smallest absolute Gasteiger partial charge is 0.133 e. The quantitative estimate of drug-likeness (QED) is 0.676. The van der Waals surface area contributed by atoms with Gasteiger partial charge in [-0.1, -0.05) is 18.2 Å². The minimum Gasteiger partial charge on any atom is -0.390 e. The van der Waals surface area contributed by atoms with Gasteiger partial charge < -0.3 is 15.2 Å². The van der Waals surface area contributed by atoms with Crippen LogP contribution in [0.25, 0.3) is 10.9 Å². The monoisotopic (exact) mass is 260 g/mol. The Balaban J connectivity index is 2.03. The summed E-state index contributed by atoms with van der Waals surface area (Å²) in [6.07, 6.45) is 1.04. The third-order valence-corrected chi connectivity index (χ3v) is 3.83. The van der Waals surface area contributed by atoms with Crippen LogP contribution in [0.3, 0.4) is 0 Å². The van der Waals surface area contributed by atoms with Crippen molar-refractivity contribution < 1.29 is 10.2 Å². The number of fused-ring (bicyclic) bond motifs is 1. The largest absolute Gasteiger partial charge is 0.390 e. The number of aliphatic hydroxyl groups excluding tert-OH is 2. The van der Waals surface area contributed by atoms with Crippen LogP contribution in [-0.4, -0.2) is 20.2 Å². The lowest BCUT2D eigenvalue weighted by atomic mass is 10.1. The number of thiazole rings is 1. The van der Waals surface area contributed by atoms with E-state index in [2.05, 4.69) is 9.97 Å². The van der Waals surface area contributed by atoms with Crippen molar-refractivity contribution >= 4 is 22.2 Å². The Morgan fingerprint density at radius 2 is 2.17 bits per heavy atom. The van der Waals surface area contributed by atoms with E-state index in [-0.39, 0.29) is 6.61 Å². The number of hydrogen-bond acceptors (Lipinski definition) is 4. The number of nitrogens with one attached hydrogen (secondary N) is 1. The molecule has 1 unspecified atom stereocenters. The number of benzene rings is 1. The van der Waals surface area contributed by atoms with Crippen LogP contribution in [0.1, 0.15) is 22.4 Å². The Hall–Kier alpha value is -1.69. The van der Waals surface area contributed by atoms with Crippen LogP contribution in [0.4, 0.5) is 0 Å². The van der Waals surface area contributed by atoms with E-state index in [0.29, 0.717) is 10.7 Å². The first kappa shape index (κ1) is 11.4. The number of hydrogen-bond donors (Lipinski definition) is 3. The van der Waals surface area contributed by atoms with Crippen LogP contribution < -0.4 is 0 Å². The molecule has 1 atom stereocenters. The van der Waals surface area contributed by atoms with E-state index in [1.165, 1.54) is 11.3 Å². The lowest BCUT2D eigenvalue weighted by Crippen LogP contribution is -1.98. The van der Waals surface area contributed by atoms with Crippen molar-refractivity contribution in [2.75, 3.05) is 0 Å². The summed E-state index contributed by atoms with van der Waals surface area (Å²) >= 11 is 1.35. The van der Waals surface area contributed by atoms with Gasteiger partial charge in [0.05, 0.1) is 12.3 Å². The summed E-state index contributed by atoms with van der Waals surface area (Å²) in [6, 6.07) is 7.81. The number of aromatic nitrogens is 2. The average molecular weight is 260 g/mol.